The summed E-state index contributed by atoms with van der Waals surface area (Å²) in [6.07, 6.45) is 66.6. The van der Waals surface area contributed by atoms with E-state index in [-0.39, 0.29) is 25.7 Å². The molecule has 588 valence electrons. The highest BCUT2D eigenvalue weighted by Crippen LogP contribution is 2.45. The van der Waals surface area contributed by atoms with Crippen molar-refractivity contribution in [2.24, 2.45) is 0 Å². The molecule has 0 radical (unpaired) electrons. The SMILES string of the molecule is CCCCCCCCCCCCCCCCCCCCCCCCC(=O)O[C@H](COC(=O)CCCCCCCCCCCCCCCCC)COP(=O)(O)OC[C@@H](O)COP(=O)(O)OC[C@@H](COC(=O)CCCCCCCCCCCCC)OC(=O)CCCCCCCCCCCCC. The Morgan fingerprint density at radius 3 is 0.596 bits per heavy atom. The van der Waals surface area contributed by atoms with E-state index in [9.17, 15) is 43.2 Å². The van der Waals surface area contributed by atoms with Crippen molar-refractivity contribution < 1.29 is 80.2 Å². The summed E-state index contributed by atoms with van der Waals surface area (Å²) in [7, 11) is -9.91. The van der Waals surface area contributed by atoms with Crippen LogP contribution in [0.4, 0.5) is 0 Å². The van der Waals surface area contributed by atoms with Crippen molar-refractivity contribution in [1.82, 2.24) is 0 Å². The van der Waals surface area contributed by atoms with E-state index in [1.807, 2.05) is 0 Å². The van der Waals surface area contributed by atoms with Gasteiger partial charge in [-0.15, -0.1) is 0 Å². The molecule has 0 spiro atoms. The fourth-order valence-corrected chi connectivity index (χ4v) is 14.0. The van der Waals surface area contributed by atoms with Gasteiger partial charge in [0.15, 0.2) is 12.2 Å². The zero-order valence-electron chi connectivity index (χ0n) is 64.5. The minimum Gasteiger partial charge on any atom is -0.462 e. The lowest BCUT2D eigenvalue weighted by Crippen LogP contribution is -2.30. The first-order valence-corrected chi connectivity index (χ1v) is 44.8. The lowest BCUT2D eigenvalue weighted by atomic mass is 10.0. The Kier molecular flexibility index (Phi) is 72.9. The molecule has 0 bridgehead atoms. The van der Waals surface area contributed by atoms with Gasteiger partial charge in [0.1, 0.15) is 19.3 Å². The molecule has 0 heterocycles. The number of hydrogen-bond donors (Lipinski definition) is 3. The van der Waals surface area contributed by atoms with Crippen LogP contribution in [0.5, 0.6) is 0 Å². The van der Waals surface area contributed by atoms with Crippen LogP contribution in [0.2, 0.25) is 0 Å². The van der Waals surface area contributed by atoms with Gasteiger partial charge >= 0.3 is 39.5 Å². The maximum atomic E-state index is 13.1. The molecule has 0 aliphatic rings. The van der Waals surface area contributed by atoms with Crippen LogP contribution in [0.3, 0.4) is 0 Å². The number of aliphatic hydroxyl groups excluding tert-OH is 1. The number of phosphoric acid groups is 2. The molecule has 0 saturated carbocycles. The van der Waals surface area contributed by atoms with Crippen molar-refractivity contribution in [1.29, 1.82) is 0 Å². The van der Waals surface area contributed by atoms with Gasteiger partial charge in [0.25, 0.3) is 0 Å². The Morgan fingerprint density at radius 1 is 0.242 bits per heavy atom. The van der Waals surface area contributed by atoms with Crippen LogP contribution in [-0.4, -0.2) is 96.7 Å². The highest BCUT2D eigenvalue weighted by molar-refractivity contribution is 7.47. The number of unbranched alkanes of at least 4 members (excludes halogenated alkanes) is 55. The van der Waals surface area contributed by atoms with E-state index in [2.05, 4.69) is 27.7 Å². The molecule has 0 aromatic heterocycles. The van der Waals surface area contributed by atoms with E-state index in [0.717, 1.165) is 89.9 Å². The third-order valence-electron chi connectivity index (χ3n) is 18.9. The standard InChI is InChI=1S/C80H156O17P2/c1-5-9-13-17-21-25-29-31-33-34-35-36-37-38-39-41-43-47-51-55-59-63-67-80(85)97-76(71-91-78(83)65-61-57-53-49-46-42-40-32-30-26-22-18-14-10-6-2)73-95-99(88,89)93-69-74(81)68-92-98(86,87)94-72-75(96-79(84)66-62-58-54-50-45-28-24-20-16-12-8-4)70-90-77(82)64-60-56-52-48-44-27-23-19-15-11-7-3/h74-76,81H,5-73H2,1-4H3,(H,86,87)(H,88,89)/t74-,75+,76+/m0/s1. The van der Waals surface area contributed by atoms with Crippen LogP contribution in [0, 0.1) is 0 Å². The number of ether oxygens (including phenoxy) is 4. The lowest BCUT2D eigenvalue weighted by molar-refractivity contribution is -0.161. The van der Waals surface area contributed by atoms with Gasteiger partial charge < -0.3 is 33.8 Å². The van der Waals surface area contributed by atoms with Gasteiger partial charge in [0.2, 0.25) is 0 Å². The maximum Gasteiger partial charge on any atom is 0.472 e. The quantitative estimate of drug-likeness (QED) is 0.0222. The molecule has 99 heavy (non-hydrogen) atoms. The Hall–Kier alpha value is -1.94. The van der Waals surface area contributed by atoms with E-state index in [1.165, 1.54) is 263 Å². The van der Waals surface area contributed by atoms with Crippen molar-refractivity contribution in [3.8, 4) is 0 Å². The number of carbonyl (C=O) groups is 4. The second kappa shape index (κ2) is 74.3. The second-order valence-corrected chi connectivity index (χ2v) is 31.7. The van der Waals surface area contributed by atoms with Crippen LogP contribution in [0.1, 0.15) is 432 Å². The van der Waals surface area contributed by atoms with Crippen LogP contribution in [-0.2, 0) is 65.4 Å². The first kappa shape index (κ1) is 97.1. The van der Waals surface area contributed by atoms with Crippen molar-refractivity contribution in [3.05, 3.63) is 0 Å². The number of carbonyl (C=O) groups excluding carboxylic acids is 4. The van der Waals surface area contributed by atoms with Gasteiger partial charge in [-0.25, -0.2) is 9.13 Å². The van der Waals surface area contributed by atoms with E-state index in [0.29, 0.717) is 25.7 Å². The third-order valence-corrected chi connectivity index (χ3v) is 20.8. The third kappa shape index (κ3) is 74.1. The van der Waals surface area contributed by atoms with Gasteiger partial charge in [-0.3, -0.25) is 37.3 Å². The predicted molar refractivity (Wildman–Crippen MR) is 405 cm³/mol. The molecule has 0 aliphatic carbocycles. The highest BCUT2D eigenvalue weighted by atomic mass is 31.2. The average Bonchev–Trinajstić information content (AvgIpc) is 1.28. The summed E-state index contributed by atoms with van der Waals surface area (Å²) in [5.41, 5.74) is 0. The van der Waals surface area contributed by atoms with Crippen LogP contribution >= 0.6 is 15.6 Å². The number of phosphoric ester groups is 2. The minimum atomic E-state index is -4.96. The molecular weight excluding hydrogens is 1290 g/mol. The molecule has 0 fully saturated rings. The van der Waals surface area contributed by atoms with Crippen LogP contribution < -0.4 is 0 Å². The normalized spacial score (nSPS) is 13.8. The summed E-state index contributed by atoms with van der Waals surface area (Å²) in [5.74, 6) is -2.11. The van der Waals surface area contributed by atoms with Gasteiger partial charge in [0, 0.05) is 25.7 Å². The minimum absolute atomic E-state index is 0.108. The molecule has 0 aromatic rings. The Morgan fingerprint density at radius 2 is 0.404 bits per heavy atom. The fraction of sp³-hybridized carbons (Fsp3) is 0.950. The molecule has 17 nitrogen and oxygen atoms in total. The average molecular weight is 1450 g/mol. The summed E-state index contributed by atoms with van der Waals surface area (Å²) in [5, 5.41) is 10.6. The lowest BCUT2D eigenvalue weighted by Gasteiger charge is -2.21. The topological polar surface area (TPSA) is 237 Å². The van der Waals surface area contributed by atoms with Crippen molar-refractivity contribution in [3.63, 3.8) is 0 Å². The first-order valence-electron chi connectivity index (χ1n) is 41.8. The predicted octanol–water partition coefficient (Wildman–Crippen LogP) is 24.2. The summed E-state index contributed by atoms with van der Waals surface area (Å²) in [6, 6.07) is 0. The number of aliphatic hydroxyl groups is 1. The van der Waals surface area contributed by atoms with E-state index in [4.69, 9.17) is 37.0 Å². The molecule has 0 saturated heterocycles. The zero-order chi connectivity index (χ0) is 72.5. The van der Waals surface area contributed by atoms with Crippen LogP contribution in [0.25, 0.3) is 0 Å². The molecular formula is C80H156O17P2. The van der Waals surface area contributed by atoms with E-state index in [1.54, 1.807) is 0 Å². The molecule has 0 amide bonds. The van der Waals surface area contributed by atoms with Gasteiger partial charge in [-0.2, -0.15) is 0 Å². The Balaban J connectivity index is 5.19. The summed E-state index contributed by atoms with van der Waals surface area (Å²) in [4.78, 5) is 72.9. The first-order chi connectivity index (χ1) is 48.2. The number of hydrogen-bond acceptors (Lipinski definition) is 15. The second-order valence-electron chi connectivity index (χ2n) is 28.8. The summed E-state index contributed by atoms with van der Waals surface area (Å²) < 4.78 is 68.6. The van der Waals surface area contributed by atoms with Gasteiger partial charge in [-0.05, 0) is 25.7 Å². The Labute approximate surface area is 607 Å². The van der Waals surface area contributed by atoms with Gasteiger partial charge in [0.05, 0.1) is 26.4 Å². The summed E-state index contributed by atoms with van der Waals surface area (Å²) >= 11 is 0. The van der Waals surface area contributed by atoms with Gasteiger partial charge in [-0.1, -0.05) is 381 Å². The largest absolute Gasteiger partial charge is 0.472 e. The molecule has 0 aromatic carbocycles. The van der Waals surface area contributed by atoms with E-state index < -0.39 is 97.5 Å². The molecule has 5 atom stereocenters. The number of rotatable bonds is 81. The molecule has 2 unspecified atom stereocenters. The maximum absolute atomic E-state index is 13.1. The fourth-order valence-electron chi connectivity index (χ4n) is 12.5. The van der Waals surface area contributed by atoms with E-state index >= 15 is 0 Å². The van der Waals surface area contributed by atoms with Crippen molar-refractivity contribution >= 4 is 39.5 Å². The smallest absolute Gasteiger partial charge is 0.462 e. The highest BCUT2D eigenvalue weighted by Gasteiger charge is 2.30. The molecule has 0 aliphatic heterocycles. The monoisotopic (exact) mass is 1450 g/mol. The molecule has 19 heteroatoms. The van der Waals surface area contributed by atoms with Crippen molar-refractivity contribution in [2.75, 3.05) is 39.6 Å². The zero-order valence-corrected chi connectivity index (χ0v) is 66.3. The van der Waals surface area contributed by atoms with Crippen molar-refractivity contribution in [2.45, 2.75) is 451 Å². The number of esters is 4. The Bertz CT molecular complexity index is 1880. The molecule has 3 N–H and O–H groups in total. The summed E-state index contributed by atoms with van der Waals surface area (Å²) in [6.45, 7) is 5.01. The molecule has 0 rings (SSSR count). The van der Waals surface area contributed by atoms with Crippen LogP contribution in [0.15, 0.2) is 0 Å².